The predicted molar refractivity (Wildman–Crippen MR) is 87.6 cm³/mol. The minimum Gasteiger partial charge on any atom is -0.350 e. The summed E-state index contributed by atoms with van der Waals surface area (Å²) in [6.45, 7) is 2.55. The Labute approximate surface area is 131 Å². The molecule has 1 fully saturated rings. The third-order valence-electron chi connectivity index (χ3n) is 4.79. The molecule has 1 amide bonds. The Bertz CT molecular complexity index is 641. The van der Waals surface area contributed by atoms with Gasteiger partial charge in [0.2, 0.25) is 5.91 Å². The van der Waals surface area contributed by atoms with Crippen molar-refractivity contribution in [3.05, 3.63) is 35.8 Å². The van der Waals surface area contributed by atoms with Gasteiger partial charge in [0, 0.05) is 12.6 Å². The van der Waals surface area contributed by atoms with Gasteiger partial charge in [-0.2, -0.15) is 0 Å². The van der Waals surface area contributed by atoms with Crippen molar-refractivity contribution in [3.8, 4) is 0 Å². The molecule has 0 aliphatic heterocycles. The zero-order valence-electron chi connectivity index (χ0n) is 13.3. The maximum Gasteiger partial charge on any atom is 0.220 e. The first-order chi connectivity index (χ1) is 10.7. The maximum atomic E-state index is 12.1. The number of nitrogens with one attached hydrogen (secondary N) is 1. The summed E-state index contributed by atoms with van der Waals surface area (Å²) in [6.07, 6.45) is 10.4. The number of carbonyl (C=O) groups is 1. The third-order valence-corrected chi connectivity index (χ3v) is 4.79. The molecule has 1 aliphatic carbocycles. The first-order valence-corrected chi connectivity index (χ1v) is 8.43. The van der Waals surface area contributed by atoms with Gasteiger partial charge in [-0.05, 0) is 31.4 Å². The van der Waals surface area contributed by atoms with E-state index >= 15 is 0 Å². The van der Waals surface area contributed by atoms with Gasteiger partial charge in [0.25, 0.3) is 0 Å². The molecule has 1 aliphatic rings. The number of aromatic nitrogens is 2. The molecular weight excluding hydrogens is 274 g/mol. The van der Waals surface area contributed by atoms with E-state index in [1.807, 2.05) is 31.3 Å². The molecule has 22 heavy (non-hydrogen) atoms. The van der Waals surface area contributed by atoms with Gasteiger partial charge >= 0.3 is 0 Å². The van der Waals surface area contributed by atoms with Gasteiger partial charge in [0.15, 0.2) is 0 Å². The molecule has 1 N–H and O–H groups in total. The number of amides is 1. The van der Waals surface area contributed by atoms with Gasteiger partial charge in [-0.15, -0.1) is 0 Å². The van der Waals surface area contributed by atoms with E-state index in [1.165, 1.54) is 32.1 Å². The molecule has 2 aromatic heterocycles. The summed E-state index contributed by atoms with van der Waals surface area (Å²) >= 11 is 0. The van der Waals surface area contributed by atoms with Crippen LogP contribution in [0.15, 0.2) is 24.4 Å². The van der Waals surface area contributed by atoms with Crippen LogP contribution in [0.2, 0.25) is 0 Å². The predicted octanol–water partition coefficient (Wildman–Crippen LogP) is 3.62. The molecule has 0 radical (unpaired) electrons. The number of fused-ring (bicyclic) bond motifs is 1. The van der Waals surface area contributed by atoms with Gasteiger partial charge in [-0.1, -0.05) is 38.2 Å². The second kappa shape index (κ2) is 6.95. The van der Waals surface area contributed by atoms with Crippen molar-refractivity contribution < 1.29 is 4.79 Å². The van der Waals surface area contributed by atoms with Crippen molar-refractivity contribution in [2.75, 3.05) is 0 Å². The SMILES string of the molecule is Cc1nc2ccccn2c1CNC(=O)CCC1CCCCC1. The van der Waals surface area contributed by atoms with E-state index in [0.29, 0.717) is 13.0 Å². The summed E-state index contributed by atoms with van der Waals surface area (Å²) in [7, 11) is 0. The van der Waals surface area contributed by atoms with Crippen molar-refractivity contribution >= 4 is 11.6 Å². The zero-order valence-corrected chi connectivity index (χ0v) is 13.3. The molecule has 0 atom stereocenters. The van der Waals surface area contributed by atoms with Gasteiger partial charge < -0.3 is 9.72 Å². The van der Waals surface area contributed by atoms with Crippen LogP contribution in [0.25, 0.3) is 5.65 Å². The minimum absolute atomic E-state index is 0.163. The lowest BCUT2D eigenvalue weighted by atomic mass is 9.86. The van der Waals surface area contributed by atoms with Crippen LogP contribution in [-0.2, 0) is 11.3 Å². The van der Waals surface area contributed by atoms with Gasteiger partial charge in [0.05, 0.1) is 17.9 Å². The van der Waals surface area contributed by atoms with Gasteiger partial charge in [-0.3, -0.25) is 4.79 Å². The van der Waals surface area contributed by atoms with Crippen molar-refractivity contribution in [1.82, 2.24) is 14.7 Å². The highest BCUT2D eigenvalue weighted by Crippen LogP contribution is 2.27. The second-order valence-electron chi connectivity index (χ2n) is 6.39. The van der Waals surface area contributed by atoms with E-state index in [4.69, 9.17) is 0 Å². The summed E-state index contributed by atoms with van der Waals surface area (Å²) < 4.78 is 2.05. The lowest BCUT2D eigenvalue weighted by molar-refractivity contribution is -0.121. The standard InChI is InChI=1S/C18H25N3O/c1-14-16(21-12-6-5-9-17(21)20-14)13-19-18(22)11-10-15-7-3-2-4-8-15/h5-6,9,12,15H,2-4,7-8,10-11,13H2,1H3,(H,19,22). The fraction of sp³-hybridized carbons (Fsp3) is 0.556. The molecule has 4 nitrogen and oxygen atoms in total. The van der Waals surface area contributed by atoms with E-state index in [9.17, 15) is 4.79 Å². The topological polar surface area (TPSA) is 46.4 Å². The molecule has 4 heteroatoms. The molecule has 3 rings (SSSR count). The molecule has 0 bridgehead atoms. The van der Waals surface area contributed by atoms with Gasteiger partial charge in [0.1, 0.15) is 5.65 Å². The van der Waals surface area contributed by atoms with Crippen LogP contribution in [-0.4, -0.2) is 15.3 Å². The number of hydrogen-bond donors (Lipinski definition) is 1. The summed E-state index contributed by atoms with van der Waals surface area (Å²) in [5, 5.41) is 3.06. The molecule has 118 valence electrons. The van der Waals surface area contributed by atoms with Crippen LogP contribution in [0, 0.1) is 12.8 Å². The average Bonchev–Trinajstić information content (AvgIpc) is 2.87. The number of aryl methyl sites for hydroxylation is 1. The summed E-state index contributed by atoms with van der Waals surface area (Å²) in [5.74, 6) is 0.924. The summed E-state index contributed by atoms with van der Waals surface area (Å²) in [6, 6.07) is 5.96. The zero-order chi connectivity index (χ0) is 15.4. The molecule has 0 unspecified atom stereocenters. The average molecular weight is 299 g/mol. The Morgan fingerprint density at radius 2 is 2.14 bits per heavy atom. The number of pyridine rings is 1. The third kappa shape index (κ3) is 3.49. The number of hydrogen-bond acceptors (Lipinski definition) is 2. The van der Waals surface area contributed by atoms with Crippen LogP contribution in [0.3, 0.4) is 0 Å². The van der Waals surface area contributed by atoms with Crippen LogP contribution in [0.4, 0.5) is 0 Å². The van der Waals surface area contributed by atoms with Crippen molar-refractivity contribution in [2.24, 2.45) is 5.92 Å². The molecule has 1 saturated carbocycles. The number of imidazole rings is 1. The van der Waals surface area contributed by atoms with Crippen molar-refractivity contribution in [1.29, 1.82) is 0 Å². The maximum absolute atomic E-state index is 12.1. The normalized spacial score (nSPS) is 16.0. The van der Waals surface area contributed by atoms with Crippen molar-refractivity contribution in [3.63, 3.8) is 0 Å². The van der Waals surface area contributed by atoms with Crippen LogP contribution >= 0.6 is 0 Å². The Hall–Kier alpha value is -1.84. The van der Waals surface area contributed by atoms with E-state index < -0.39 is 0 Å². The molecule has 0 saturated heterocycles. The summed E-state index contributed by atoms with van der Waals surface area (Å²) in [5.41, 5.74) is 2.99. The van der Waals surface area contributed by atoms with Crippen molar-refractivity contribution in [2.45, 2.75) is 58.4 Å². The van der Waals surface area contributed by atoms with E-state index in [-0.39, 0.29) is 5.91 Å². The van der Waals surface area contributed by atoms with Crippen LogP contribution in [0.1, 0.15) is 56.3 Å². The number of carbonyl (C=O) groups excluding carboxylic acids is 1. The molecule has 0 aromatic carbocycles. The van der Waals surface area contributed by atoms with E-state index in [2.05, 4.69) is 14.7 Å². The van der Waals surface area contributed by atoms with Gasteiger partial charge in [-0.25, -0.2) is 4.98 Å². The number of rotatable bonds is 5. The largest absolute Gasteiger partial charge is 0.350 e. The second-order valence-corrected chi connectivity index (χ2v) is 6.39. The Morgan fingerprint density at radius 1 is 1.32 bits per heavy atom. The fourth-order valence-corrected chi connectivity index (χ4v) is 3.46. The number of nitrogens with zero attached hydrogens (tertiary/aromatic N) is 2. The smallest absolute Gasteiger partial charge is 0.220 e. The first kappa shape index (κ1) is 15.1. The minimum atomic E-state index is 0.163. The lowest BCUT2D eigenvalue weighted by Crippen LogP contribution is -2.24. The monoisotopic (exact) mass is 299 g/mol. The first-order valence-electron chi connectivity index (χ1n) is 8.43. The Balaban J connectivity index is 1.52. The lowest BCUT2D eigenvalue weighted by Gasteiger charge is -2.21. The summed E-state index contributed by atoms with van der Waals surface area (Å²) in [4.78, 5) is 16.6. The van der Waals surface area contributed by atoms with E-state index in [0.717, 1.165) is 29.4 Å². The molecule has 2 heterocycles. The quantitative estimate of drug-likeness (QED) is 0.916. The molecule has 2 aromatic rings. The highest BCUT2D eigenvalue weighted by molar-refractivity contribution is 5.75. The van der Waals surface area contributed by atoms with Crippen LogP contribution in [0.5, 0.6) is 0 Å². The Morgan fingerprint density at radius 3 is 2.95 bits per heavy atom. The highest BCUT2D eigenvalue weighted by atomic mass is 16.1. The van der Waals surface area contributed by atoms with E-state index in [1.54, 1.807) is 0 Å². The van der Waals surface area contributed by atoms with Crippen LogP contribution < -0.4 is 5.32 Å². The highest BCUT2D eigenvalue weighted by Gasteiger charge is 2.15. The molecule has 0 spiro atoms. The Kier molecular flexibility index (Phi) is 4.76. The fourth-order valence-electron chi connectivity index (χ4n) is 3.46. The molecular formula is C18H25N3O.